The third kappa shape index (κ3) is 6.03. The van der Waals surface area contributed by atoms with Crippen molar-refractivity contribution in [3.63, 3.8) is 0 Å². The van der Waals surface area contributed by atoms with Gasteiger partial charge in [0.1, 0.15) is 0 Å². The summed E-state index contributed by atoms with van der Waals surface area (Å²) in [7, 11) is -3.31. The smallest absolute Gasteiger partial charge is 0.216 e. The Hall–Kier alpha value is -0.910. The van der Waals surface area contributed by atoms with Gasteiger partial charge in [-0.15, -0.1) is 0 Å². The number of sulfonamides is 1. The van der Waals surface area contributed by atoms with Gasteiger partial charge in [0.05, 0.1) is 5.75 Å². The molecule has 0 aliphatic rings. The summed E-state index contributed by atoms with van der Waals surface area (Å²) in [5, 5.41) is 3.24. The first kappa shape index (κ1) is 17.1. The van der Waals surface area contributed by atoms with Gasteiger partial charge in [-0.3, -0.25) is 0 Å². The molecule has 0 bridgehead atoms. The van der Waals surface area contributed by atoms with Crippen LogP contribution < -0.4 is 10.0 Å². The molecule has 0 atom stereocenters. The molecule has 0 amide bonds. The molecule has 0 heterocycles. The average molecular weight is 298 g/mol. The van der Waals surface area contributed by atoms with Crippen molar-refractivity contribution in [2.24, 2.45) is 0 Å². The van der Waals surface area contributed by atoms with Crippen LogP contribution >= 0.6 is 0 Å². The van der Waals surface area contributed by atoms with Gasteiger partial charge in [-0.05, 0) is 37.9 Å². The summed E-state index contributed by atoms with van der Waals surface area (Å²) in [6.07, 6.45) is 0.757. The normalized spacial score (nSPS) is 12.6. The van der Waals surface area contributed by atoms with Gasteiger partial charge in [-0.1, -0.05) is 38.1 Å². The molecular formula is C15H26N2O2S. The second-order valence-corrected chi connectivity index (χ2v) is 7.42. The Morgan fingerprint density at radius 3 is 2.40 bits per heavy atom. The van der Waals surface area contributed by atoms with Crippen molar-refractivity contribution in [1.29, 1.82) is 0 Å². The fourth-order valence-electron chi connectivity index (χ4n) is 1.85. The van der Waals surface area contributed by atoms with Gasteiger partial charge < -0.3 is 5.32 Å². The summed E-state index contributed by atoms with van der Waals surface area (Å²) in [5.41, 5.74) is 1.52. The molecule has 20 heavy (non-hydrogen) atoms. The Kier molecular flexibility index (Phi) is 6.17. The topological polar surface area (TPSA) is 58.2 Å². The van der Waals surface area contributed by atoms with Gasteiger partial charge in [0, 0.05) is 12.1 Å². The molecule has 0 aliphatic carbocycles. The Morgan fingerprint density at radius 2 is 1.80 bits per heavy atom. The molecule has 114 valence electrons. The highest BCUT2D eigenvalue weighted by Gasteiger charge is 2.23. The van der Waals surface area contributed by atoms with E-state index in [1.54, 1.807) is 0 Å². The Labute approximate surface area is 123 Å². The van der Waals surface area contributed by atoms with Gasteiger partial charge in [-0.2, -0.15) is 0 Å². The summed E-state index contributed by atoms with van der Waals surface area (Å²) in [6.45, 7) is 9.47. The SMILES string of the molecule is CCNCc1cccc(CS(=O)(=O)NC(C)(C)CC)c1. The number of nitrogens with one attached hydrogen (secondary N) is 2. The maximum absolute atomic E-state index is 12.2. The minimum absolute atomic E-state index is 0.0242. The van der Waals surface area contributed by atoms with Crippen molar-refractivity contribution in [3.05, 3.63) is 35.4 Å². The van der Waals surface area contributed by atoms with Crippen molar-refractivity contribution >= 4 is 10.0 Å². The van der Waals surface area contributed by atoms with E-state index in [0.717, 1.165) is 30.6 Å². The molecule has 2 N–H and O–H groups in total. The first-order chi connectivity index (χ1) is 9.28. The van der Waals surface area contributed by atoms with Gasteiger partial charge in [0.2, 0.25) is 10.0 Å². The van der Waals surface area contributed by atoms with E-state index in [2.05, 4.69) is 10.0 Å². The summed E-state index contributed by atoms with van der Waals surface area (Å²) in [4.78, 5) is 0. The molecule has 0 spiro atoms. The lowest BCUT2D eigenvalue weighted by Crippen LogP contribution is -2.43. The minimum atomic E-state index is -3.31. The molecule has 0 aromatic heterocycles. The van der Waals surface area contributed by atoms with Crippen molar-refractivity contribution < 1.29 is 8.42 Å². The van der Waals surface area contributed by atoms with Crippen molar-refractivity contribution in [1.82, 2.24) is 10.0 Å². The van der Waals surface area contributed by atoms with Crippen molar-refractivity contribution in [2.75, 3.05) is 6.54 Å². The van der Waals surface area contributed by atoms with E-state index in [-0.39, 0.29) is 5.75 Å². The van der Waals surface area contributed by atoms with E-state index in [4.69, 9.17) is 0 Å². The molecule has 4 nitrogen and oxygen atoms in total. The molecule has 1 rings (SSSR count). The van der Waals surface area contributed by atoms with Gasteiger partial charge in [0.15, 0.2) is 0 Å². The Morgan fingerprint density at radius 1 is 1.15 bits per heavy atom. The van der Waals surface area contributed by atoms with E-state index in [0.29, 0.717) is 0 Å². The standard InChI is InChI=1S/C15H26N2O2S/c1-5-15(3,4)17-20(18,19)12-14-9-7-8-13(10-14)11-16-6-2/h7-10,16-17H,5-6,11-12H2,1-4H3. The molecular weight excluding hydrogens is 272 g/mol. The quantitative estimate of drug-likeness (QED) is 0.775. The third-order valence-electron chi connectivity index (χ3n) is 3.24. The molecule has 1 aromatic rings. The second kappa shape index (κ2) is 7.20. The molecule has 0 aliphatic heterocycles. The second-order valence-electron chi connectivity index (χ2n) is 5.70. The van der Waals surface area contributed by atoms with E-state index >= 15 is 0 Å². The largest absolute Gasteiger partial charge is 0.313 e. The first-order valence-electron chi connectivity index (χ1n) is 7.08. The van der Waals surface area contributed by atoms with Crippen molar-refractivity contribution in [3.8, 4) is 0 Å². The van der Waals surface area contributed by atoms with Crippen LogP contribution in [0.25, 0.3) is 0 Å². The first-order valence-corrected chi connectivity index (χ1v) is 8.73. The molecule has 0 fully saturated rings. The number of hydrogen-bond donors (Lipinski definition) is 2. The molecule has 0 saturated heterocycles. The predicted molar refractivity (Wildman–Crippen MR) is 84.0 cm³/mol. The van der Waals surface area contributed by atoms with E-state index in [1.807, 2.05) is 52.0 Å². The monoisotopic (exact) mass is 298 g/mol. The van der Waals surface area contributed by atoms with E-state index in [9.17, 15) is 8.42 Å². The van der Waals surface area contributed by atoms with Crippen LogP contribution in [0.15, 0.2) is 24.3 Å². The minimum Gasteiger partial charge on any atom is -0.313 e. The zero-order chi connectivity index (χ0) is 15.2. The fraction of sp³-hybridized carbons (Fsp3) is 0.600. The fourth-order valence-corrected chi connectivity index (χ4v) is 3.52. The van der Waals surface area contributed by atoms with E-state index in [1.165, 1.54) is 0 Å². The van der Waals surface area contributed by atoms with Crippen LogP contribution in [0.5, 0.6) is 0 Å². The maximum Gasteiger partial charge on any atom is 0.216 e. The van der Waals surface area contributed by atoms with Gasteiger partial charge in [-0.25, -0.2) is 13.1 Å². The van der Waals surface area contributed by atoms with Crippen LogP contribution in [0.1, 0.15) is 45.2 Å². The maximum atomic E-state index is 12.2. The third-order valence-corrected chi connectivity index (χ3v) is 4.82. The number of rotatable bonds is 8. The van der Waals surface area contributed by atoms with Crippen LogP contribution in [0.2, 0.25) is 0 Å². The Balaban J connectivity index is 2.77. The van der Waals surface area contributed by atoms with E-state index < -0.39 is 15.6 Å². The van der Waals surface area contributed by atoms with Gasteiger partial charge in [0.25, 0.3) is 0 Å². The summed E-state index contributed by atoms with van der Waals surface area (Å²) >= 11 is 0. The average Bonchev–Trinajstić information content (AvgIpc) is 2.35. The van der Waals surface area contributed by atoms with Crippen LogP contribution in [-0.2, 0) is 22.3 Å². The molecule has 0 unspecified atom stereocenters. The van der Waals surface area contributed by atoms with Crippen LogP contribution in [0.4, 0.5) is 0 Å². The molecule has 1 aromatic carbocycles. The number of benzene rings is 1. The van der Waals surface area contributed by atoms with Gasteiger partial charge >= 0.3 is 0 Å². The molecule has 0 saturated carbocycles. The molecule has 5 heteroatoms. The zero-order valence-electron chi connectivity index (χ0n) is 12.9. The highest BCUT2D eigenvalue weighted by atomic mass is 32.2. The highest BCUT2D eigenvalue weighted by Crippen LogP contribution is 2.13. The molecule has 0 radical (unpaired) electrons. The van der Waals surface area contributed by atoms with Crippen LogP contribution in [0, 0.1) is 0 Å². The van der Waals surface area contributed by atoms with Crippen molar-refractivity contribution in [2.45, 2.75) is 52.0 Å². The summed E-state index contributed by atoms with van der Waals surface area (Å²) in [5.74, 6) is 0.0242. The highest BCUT2D eigenvalue weighted by molar-refractivity contribution is 7.88. The van der Waals surface area contributed by atoms with Crippen LogP contribution in [-0.4, -0.2) is 20.5 Å². The zero-order valence-corrected chi connectivity index (χ0v) is 13.7. The predicted octanol–water partition coefficient (Wildman–Crippen LogP) is 2.40. The Bertz CT molecular complexity index is 524. The van der Waals surface area contributed by atoms with Crippen LogP contribution in [0.3, 0.4) is 0 Å². The summed E-state index contributed by atoms with van der Waals surface area (Å²) < 4.78 is 27.1. The lowest BCUT2D eigenvalue weighted by Gasteiger charge is -2.24. The lowest BCUT2D eigenvalue weighted by molar-refractivity contribution is 0.439. The number of hydrogen-bond acceptors (Lipinski definition) is 3. The lowest BCUT2D eigenvalue weighted by atomic mass is 10.0. The summed E-state index contributed by atoms with van der Waals surface area (Å²) in [6, 6.07) is 7.71.